The molecule has 2 aliphatic rings. The lowest BCUT2D eigenvalue weighted by atomic mass is 10.1. The summed E-state index contributed by atoms with van der Waals surface area (Å²) in [6.45, 7) is -0.265. The van der Waals surface area contributed by atoms with Gasteiger partial charge in [-0.1, -0.05) is 12.1 Å². The molecule has 0 atom stereocenters. The molecule has 178 valence electrons. The van der Waals surface area contributed by atoms with Crippen molar-refractivity contribution in [2.45, 2.75) is 35.5 Å². The predicted molar refractivity (Wildman–Crippen MR) is 117 cm³/mol. The van der Waals surface area contributed by atoms with E-state index in [1.54, 1.807) is 12.1 Å². The van der Waals surface area contributed by atoms with Crippen LogP contribution >= 0.6 is 0 Å². The van der Waals surface area contributed by atoms with Crippen LogP contribution in [0.15, 0.2) is 46.2 Å². The molecule has 1 fully saturated rings. The number of halogens is 2. The van der Waals surface area contributed by atoms with E-state index in [1.165, 1.54) is 4.90 Å². The Morgan fingerprint density at radius 1 is 0.879 bits per heavy atom. The van der Waals surface area contributed by atoms with Crippen LogP contribution in [0.25, 0.3) is 0 Å². The molecule has 4 rings (SSSR count). The maximum Gasteiger partial charge on any atom is 0.249 e. The Morgan fingerprint density at radius 3 is 2.18 bits per heavy atom. The molecule has 1 saturated heterocycles. The number of sulfonamides is 1. The number of piperazine rings is 1. The minimum absolute atomic E-state index is 0.00697. The summed E-state index contributed by atoms with van der Waals surface area (Å²) >= 11 is 0. The summed E-state index contributed by atoms with van der Waals surface area (Å²) < 4.78 is 79.6. The van der Waals surface area contributed by atoms with E-state index in [0.717, 1.165) is 52.9 Å². The molecule has 33 heavy (non-hydrogen) atoms. The molecule has 11 heteroatoms. The van der Waals surface area contributed by atoms with Crippen molar-refractivity contribution < 1.29 is 30.4 Å². The van der Waals surface area contributed by atoms with Gasteiger partial charge >= 0.3 is 0 Å². The Hall–Kier alpha value is -2.37. The molecule has 0 radical (unpaired) electrons. The molecular weight excluding hydrogens is 474 g/mol. The SMILES string of the molecule is O=C(CCS(=O)(=O)c1ccc2c(c1)CCC2)N1CCN(S(=O)(=O)c2c(F)cccc2F)CC1. The highest BCUT2D eigenvalue weighted by Crippen LogP contribution is 2.26. The number of carbonyl (C=O) groups is 1. The van der Waals surface area contributed by atoms with E-state index in [9.17, 15) is 30.4 Å². The highest BCUT2D eigenvalue weighted by atomic mass is 32.2. The van der Waals surface area contributed by atoms with Gasteiger partial charge in [0.25, 0.3) is 0 Å². The smallest absolute Gasteiger partial charge is 0.249 e. The van der Waals surface area contributed by atoms with Crippen molar-refractivity contribution in [3.05, 3.63) is 59.2 Å². The normalized spacial score (nSPS) is 17.2. The first-order valence-corrected chi connectivity index (χ1v) is 13.8. The van der Waals surface area contributed by atoms with Gasteiger partial charge < -0.3 is 4.90 Å². The Morgan fingerprint density at radius 2 is 1.52 bits per heavy atom. The summed E-state index contributed by atoms with van der Waals surface area (Å²) in [4.78, 5) is 13.1. The Bertz CT molecular complexity index is 1270. The lowest BCUT2D eigenvalue weighted by Crippen LogP contribution is -2.50. The van der Waals surface area contributed by atoms with Gasteiger partial charge in [0.15, 0.2) is 14.7 Å². The maximum absolute atomic E-state index is 14.0. The first-order chi connectivity index (χ1) is 15.6. The van der Waals surface area contributed by atoms with Crippen LogP contribution in [0, 0.1) is 11.6 Å². The van der Waals surface area contributed by atoms with E-state index in [1.807, 2.05) is 6.07 Å². The number of nitrogens with zero attached hydrogens (tertiary/aromatic N) is 2. The number of hydrogen-bond acceptors (Lipinski definition) is 5. The number of fused-ring (bicyclic) bond motifs is 1. The van der Waals surface area contributed by atoms with Gasteiger partial charge in [-0.25, -0.2) is 25.6 Å². The molecule has 2 aromatic carbocycles. The lowest BCUT2D eigenvalue weighted by molar-refractivity contribution is -0.131. The zero-order chi connectivity index (χ0) is 23.8. The van der Waals surface area contributed by atoms with Crippen molar-refractivity contribution in [3.63, 3.8) is 0 Å². The minimum atomic E-state index is -4.40. The van der Waals surface area contributed by atoms with Crippen molar-refractivity contribution in [1.29, 1.82) is 0 Å². The van der Waals surface area contributed by atoms with Gasteiger partial charge in [-0.2, -0.15) is 4.31 Å². The molecule has 0 spiro atoms. The first kappa shape index (κ1) is 23.8. The number of hydrogen-bond donors (Lipinski definition) is 0. The van der Waals surface area contributed by atoms with Crippen molar-refractivity contribution in [2.75, 3.05) is 31.9 Å². The number of benzene rings is 2. The monoisotopic (exact) mass is 498 g/mol. The summed E-state index contributed by atoms with van der Waals surface area (Å²) in [5, 5.41) is 0. The van der Waals surface area contributed by atoms with E-state index in [4.69, 9.17) is 0 Å². The van der Waals surface area contributed by atoms with E-state index in [0.29, 0.717) is 0 Å². The van der Waals surface area contributed by atoms with Crippen LogP contribution in [0.5, 0.6) is 0 Å². The number of carbonyl (C=O) groups excluding carboxylic acids is 1. The molecule has 1 amide bonds. The van der Waals surface area contributed by atoms with Gasteiger partial charge in [-0.15, -0.1) is 0 Å². The van der Waals surface area contributed by atoms with Crippen LogP contribution in [0.2, 0.25) is 0 Å². The second-order valence-corrected chi connectivity index (χ2v) is 12.2. The average molecular weight is 499 g/mol. The van der Waals surface area contributed by atoms with E-state index in [2.05, 4.69) is 0 Å². The van der Waals surface area contributed by atoms with Crippen LogP contribution in [0.4, 0.5) is 8.78 Å². The number of rotatable bonds is 6. The number of aryl methyl sites for hydroxylation is 2. The highest BCUT2D eigenvalue weighted by molar-refractivity contribution is 7.91. The molecule has 0 aromatic heterocycles. The molecule has 1 heterocycles. The predicted octanol–water partition coefficient (Wildman–Crippen LogP) is 2.15. The third-order valence-corrected chi connectivity index (χ3v) is 9.79. The first-order valence-electron chi connectivity index (χ1n) is 10.7. The van der Waals surface area contributed by atoms with Gasteiger partial charge in [0.05, 0.1) is 10.6 Å². The minimum Gasteiger partial charge on any atom is -0.340 e. The van der Waals surface area contributed by atoms with Crippen molar-refractivity contribution in [3.8, 4) is 0 Å². The Kier molecular flexibility index (Phi) is 6.56. The standard InChI is InChI=1S/C22H24F2N2O5S2/c23-19-5-2-6-20(24)22(19)33(30,31)26-12-10-25(11-13-26)21(27)9-14-32(28,29)18-8-7-16-3-1-4-17(16)15-18/h2,5-8,15H,1,3-4,9-14H2. The molecular formula is C22H24F2N2O5S2. The summed E-state index contributed by atoms with van der Waals surface area (Å²) in [5.41, 5.74) is 2.19. The Labute approximate surface area is 192 Å². The maximum atomic E-state index is 14.0. The molecule has 0 bridgehead atoms. The van der Waals surface area contributed by atoms with Crippen molar-refractivity contribution >= 4 is 25.8 Å². The summed E-state index contributed by atoms with van der Waals surface area (Å²) in [6.07, 6.45) is 2.57. The van der Waals surface area contributed by atoms with Crippen LogP contribution < -0.4 is 0 Å². The fourth-order valence-corrected chi connectivity index (χ4v) is 7.08. The quantitative estimate of drug-likeness (QED) is 0.609. The molecule has 2 aromatic rings. The topological polar surface area (TPSA) is 91.8 Å². The van der Waals surface area contributed by atoms with E-state index >= 15 is 0 Å². The third-order valence-electron chi connectivity index (χ3n) is 6.12. The lowest BCUT2D eigenvalue weighted by Gasteiger charge is -2.34. The summed E-state index contributed by atoms with van der Waals surface area (Å²) in [7, 11) is -8.03. The van der Waals surface area contributed by atoms with Gasteiger partial charge in [-0.05, 0) is 54.7 Å². The van der Waals surface area contributed by atoms with Gasteiger partial charge in [0.2, 0.25) is 15.9 Å². The van der Waals surface area contributed by atoms with Crippen LogP contribution in [-0.2, 0) is 37.5 Å². The van der Waals surface area contributed by atoms with Gasteiger partial charge in [-0.3, -0.25) is 4.79 Å². The third kappa shape index (κ3) is 4.80. The molecule has 1 aliphatic heterocycles. The van der Waals surface area contributed by atoms with Gasteiger partial charge in [0, 0.05) is 32.6 Å². The van der Waals surface area contributed by atoms with Crippen molar-refractivity contribution in [2.24, 2.45) is 0 Å². The second-order valence-electron chi connectivity index (χ2n) is 8.19. The van der Waals surface area contributed by atoms with Gasteiger partial charge in [0.1, 0.15) is 11.6 Å². The van der Waals surface area contributed by atoms with E-state index < -0.39 is 42.3 Å². The zero-order valence-corrected chi connectivity index (χ0v) is 19.5. The van der Waals surface area contributed by atoms with E-state index in [-0.39, 0.29) is 43.2 Å². The molecule has 7 nitrogen and oxygen atoms in total. The average Bonchev–Trinajstić information content (AvgIpc) is 3.25. The largest absolute Gasteiger partial charge is 0.340 e. The summed E-state index contributed by atoms with van der Waals surface area (Å²) in [5.74, 6) is -3.10. The molecule has 0 N–H and O–H groups in total. The second kappa shape index (κ2) is 9.11. The molecule has 0 saturated carbocycles. The summed E-state index contributed by atoms with van der Waals surface area (Å²) in [6, 6.07) is 7.92. The number of sulfone groups is 1. The highest BCUT2D eigenvalue weighted by Gasteiger charge is 2.34. The Balaban J connectivity index is 1.36. The zero-order valence-electron chi connectivity index (χ0n) is 17.8. The van der Waals surface area contributed by atoms with Crippen LogP contribution in [0.1, 0.15) is 24.0 Å². The van der Waals surface area contributed by atoms with Crippen LogP contribution in [0.3, 0.4) is 0 Å². The van der Waals surface area contributed by atoms with Crippen LogP contribution in [-0.4, -0.2) is 63.9 Å². The van der Waals surface area contributed by atoms with Crippen molar-refractivity contribution in [1.82, 2.24) is 9.21 Å². The fourth-order valence-electron chi connectivity index (χ4n) is 4.28. The number of amides is 1. The molecule has 0 unspecified atom stereocenters. The fraction of sp³-hybridized carbons (Fsp3) is 0.409. The molecule has 1 aliphatic carbocycles.